The van der Waals surface area contributed by atoms with Crippen LogP contribution in [0.25, 0.3) is 0 Å². The van der Waals surface area contributed by atoms with Gasteiger partial charge < -0.3 is 15.1 Å². The molecule has 0 aliphatic rings. The summed E-state index contributed by atoms with van der Waals surface area (Å²) in [4.78, 5) is 13.8. The minimum atomic E-state index is -0.689. The second kappa shape index (κ2) is 6.50. The molecule has 0 unspecified atom stereocenters. The Labute approximate surface area is 122 Å². The van der Waals surface area contributed by atoms with Crippen molar-refractivity contribution in [2.24, 2.45) is 5.41 Å². The van der Waals surface area contributed by atoms with Crippen molar-refractivity contribution in [1.82, 2.24) is 4.90 Å². The van der Waals surface area contributed by atoms with Crippen LogP contribution >= 0.6 is 15.9 Å². The van der Waals surface area contributed by atoms with Crippen LogP contribution in [0.3, 0.4) is 0 Å². The van der Waals surface area contributed by atoms with Gasteiger partial charge in [0.2, 0.25) is 0 Å². The van der Waals surface area contributed by atoms with E-state index in [0.29, 0.717) is 12.1 Å². The Morgan fingerprint density at radius 1 is 1.32 bits per heavy atom. The predicted octanol–water partition coefficient (Wildman–Crippen LogP) is 1.82. The molecular formula is C14H20BrNO3. The van der Waals surface area contributed by atoms with E-state index < -0.39 is 5.41 Å². The molecule has 0 aliphatic heterocycles. The lowest BCUT2D eigenvalue weighted by Gasteiger charge is -2.30. The number of amides is 1. The zero-order valence-corrected chi connectivity index (χ0v) is 13.1. The third-order valence-electron chi connectivity index (χ3n) is 3.02. The quantitative estimate of drug-likeness (QED) is 0.866. The van der Waals surface area contributed by atoms with Crippen molar-refractivity contribution >= 4 is 21.8 Å². The van der Waals surface area contributed by atoms with Crippen molar-refractivity contribution in [2.45, 2.75) is 13.8 Å². The molecule has 0 fully saturated rings. The molecule has 0 saturated carbocycles. The van der Waals surface area contributed by atoms with E-state index in [2.05, 4.69) is 15.9 Å². The zero-order chi connectivity index (χ0) is 14.6. The lowest BCUT2D eigenvalue weighted by atomic mass is 9.92. The van der Waals surface area contributed by atoms with Crippen LogP contribution in [0.2, 0.25) is 0 Å². The van der Waals surface area contributed by atoms with Gasteiger partial charge in [-0.3, -0.25) is 4.79 Å². The highest BCUT2D eigenvalue weighted by atomic mass is 79.9. The zero-order valence-electron chi connectivity index (χ0n) is 11.5. The van der Waals surface area contributed by atoms with Gasteiger partial charge in [0.05, 0.1) is 13.2 Å². The molecule has 0 heterocycles. The highest BCUT2D eigenvalue weighted by Gasteiger charge is 2.27. The molecule has 2 N–H and O–H groups in total. The van der Waals surface area contributed by atoms with Crippen LogP contribution < -0.4 is 0 Å². The summed E-state index contributed by atoms with van der Waals surface area (Å²) < 4.78 is 0.858. The first kappa shape index (κ1) is 16.1. The lowest BCUT2D eigenvalue weighted by Crippen LogP contribution is -2.41. The third-order valence-corrected chi connectivity index (χ3v) is 3.48. The summed E-state index contributed by atoms with van der Waals surface area (Å²) in [6.45, 7) is 3.62. The number of carbonyl (C=O) groups excluding carboxylic acids is 1. The Bertz CT molecular complexity index is 438. The van der Waals surface area contributed by atoms with Gasteiger partial charge in [-0.25, -0.2) is 0 Å². The smallest absolute Gasteiger partial charge is 0.253 e. The van der Waals surface area contributed by atoms with Crippen molar-refractivity contribution in [3.05, 3.63) is 33.8 Å². The van der Waals surface area contributed by atoms with E-state index in [-0.39, 0.29) is 19.1 Å². The van der Waals surface area contributed by atoms with Gasteiger partial charge in [0.15, 0.2) is 0 Å². The molecule has 0 spiro atoms. The van der Waals surface area contributed by atoms with Gasteiger partial charge in [-0.05, 0) is 30.7 Å². The van der Waals surface area contributed by atoms with E-state index in [1.54, 1.807) is 20.0 Å². The summed E-state index contributed by atoms with van der Waals surface area (Å²) in [5, 5.41) is 18.5. The minimum Gasteiger partial charge on any atom is -0.396 e. The summed E-state index contributed by atoms with van der Waals surface area (Å²) in [7, 11) is 1.67. The molecule has 0 bridgehead atoms. The summed E-state index contributed by atoms with van der Waals surface area (Å²) in [5.41, 5.74) is 0.900. The van der Waals surface area contributed by atoms with Crippen molar-refractivity contribution in [1.29, 1.82) is 0 Å². The molecule has 4 nitrogen and oxygen atoms in total. The van der Waals surface area contributed by atoms with E-state index in [0.717, 1.165) is 10.0 Å². The predicted molar refractivity (Wildman–Crippen MR) is 78.1 cm³/mol. The first-order chi connectivity index (χ1) is 8.81. The van der Waals surface area contributed by atoms with E-state index in [9.17, 15) is 15.0 Å². The normalized spacial score (nSPS) is 11.5. The fourth-order valence-electron chi connectivity index (χ4n) is 1.87. The molecule has 1 aromatic rings. The Kier molecular flexibility index (Phi) is 5.52. The second-order valence-corrected chi connectivity index (χ2v) is 6.22. The molecule has 0 aliphatic carbocycles. The molecule has 5 heteroatoms. The van der Waals surface area contributed by atoms with E-state index >= 15 is 0 Å². The Morgan fingerprint density at radius 3 is 2.37 bits per heavy atom. The van der Waals surface area contributed by atoms with Gasteiger partial charge in [-0.15, -0.1) is 0 Å². The monoisotopic (exact) mass is 329 g/mol. The lowest BCUT2D eigenvalue weighted by molar-refractivity contribution is 0.0366. The van der Waals surface area contributed by atoms with Crippen LogP contribution in [0.15, 0.2) is 22.7 Å². The van der Waals surface area contributed by atoms with Crippen LogP contribution in [0.1, 0.15) is 22.8 Å². The average molecular weight is 330 g/mol. The number of carbonyl (C=O) groups is 1. The molecule has 0 atom stereocenters. The van der Waals surface area contributed by atoms with Crippen molar-refractivity contribution in [2.75, 3.05) is 26.8 Å². The van der Waals surface area contributed by atoms with Gasteiger partial charge in [-0.2, -0.15) is 0 Å². The number of aliphatic hydroxyl groups excluding tert-OH is 2. The summed E-state index contributed by atoms with van der Waals surface area (Å²) in [6.07, 6.45) is 0. The Balaban J connectivity index is 2.88. The minimum absolute atomic E-state index is 0.127. The fraction of sp³-hybridized carbons (Fsp3) is 0.500. The number of rotatable bonds is 5. The number of benzene rings is 1. The van der Waals surface area contributed by atoms with Crippen LogP contribution in [-0.4, -0.2) is 47.8 Å². The number of nitrogens with zero attached hydrogens (tertiary/aromatic N) is 1. The maximum atomic E-state index is 12.3. The molecule has 0 aromatic heterocycles. The van der Waals surface area contributed by atoms with Gasteiger partial charge in [0.1, 0.15) is 0 Å². The maximum Gasteiger partial charge on any atom is 0.253 e. The van der Waals surface area contributed by atoms with E-state index in [1.807, 2.05) is 19.1 Å². The fourth-order valence-corrected chi connectivity index (χ4v) is 2.48. The third kappa shape index (κ3) is 4.30. The van der Waals surface area contributed by atoms with E-state index in [1.165, 1.54) is 4.90 Å². The molecule has 1 rings (SSSR count). The molecule has 19 heavy (non-hydrogen) atoms. The largest absolute Gasteiger partial charge is 0.396 e. The molecule has 0 saturated heterocycles. The number of hydrogen-bond donors (Lipinski definition) is 2. The van der Waals surface area contributed by atoms with Crippen molar-refractivity contribution < 1.29 is 15.0 Å². The first-order valence-electron chi connectivity index (χ1n) is 6.06. The van der Waals surface area contributed by atoms with Crippen LogP contribution in [0.4, 0.5) is 0 Å². The highest BCUT2D eigenvalue weighted by Crippen LogP contribution is 2.19. The standard InChI is InChI=1S/C14H20BrNO3/c1-10-4-11(6-12(15)5-10)13(19)16(3)7-14(2,8-17)9-18/h4-6,17-18H,7-9H2,1-3H3. The molecular weight excluding hydrogens is 310 g/mol. The molecule has 1 aromatic carbocycles. The summed E-state index contributed by atoms with van der Waals surface area (Å²) in [6, 6.07) is 5.52. The summed E-state index contributed by atoms with van der Waals surface area (Å²) >= 11 is 3.37. The van der Waals surface area contributed by atoms with Crippen LogP contribution in [0.5, 0.6) is 0 Å². The van der Waals surface area contributed by atoms with Gasteiger partial charge in [0, 0.05) is 29.0 Å². The number of aliphatic hydroxyl groups is 2. The highest BCUT2D eigenvalue weighted by molar-refractivity contribution is 9.10. The van der Waals surface area contributed by atoms with Crippen LogP contribution in [-0.2, 0) is 0 Å². The van der Waals surface area contributed by atoms with Crippen molar-refractivity contribution in [3.63, 3.8) is 0 Å². The Hall–Kier alpha value is -0.910. The van der Waals surface area contributed by atoms with Gasteiger partial charge in [-0.1, -0.05) is 22.9 Å². The number of hydrogen-bond acceptors (Lipinski definition) is 3. The van der Waals surface area contributed by atoms with Crippen LogP contribution in [0, 0.1) is 12.3 Å². The first-order valence-corrected chi connectivity index (χ1v) is 6.85. The molecule has 0 radical (unpaired) electrons. The maximum absolute atomic E-state index is 12.3. The SMILES string of the molecule is Cc1cc(Br)cc(C(=O)N(C)CC(C)(CO)CO)c1. The number of aryl methyl sites for hydroxylation is 1. The second-order valence-electron chi connectivity index (χ2n) is 5.31. The average Bonchev–Trinajstić information content (AvgIpc) is 2.36. The van der Waals surface area contributed by atoms with Gasteiger partial charge in [0.25, 0.3) is 5.91 Å². The Morgan fingerprint density at radius 2 is 1.89 bits per heavy atom. The summed E-state index contributed by atoms with van der Waals surface area (Å²) in [5.74, 6) is -0.127. The topological polar surface area (TPSA) is 60.8 Å². The number of halogens is 1. The van der Waals surface area contributed by atoms with Gasteiger partial charge >= 0.3 is 0 Å². The van der Waals surface area contributed by atoms with E-state index in [4.69, 9.17) is 0 Å². The van der Waals surface area contributed by atoms with Crippen molar-refractivity contribution in [3.8, 4) is 0 Å². The molecule has 106 valence electrons. The molecule has 1 amide bonds.